The molecule has 0 aliphatic carbocycles. The first-order valence-corrected chi connectivity index (χ1v) is 12.1. The van der Waals surface area contributed by atoms with Crippen LogP contribution in [0, 0.1) is 6.92 Å². The van der Waals surface area contributed by atoms with Crippen LogP contribution < -0.4 is 14.4 Å². The van der Waals surface area contributed by atoms with Gasteiger partial charge in [-0.15, -0.1) is 0 Å². The van der Waals surface area contributed by atoms with Gasteiger partial charge in [0.15, 0.2) is 0 Å². The van der Waals surface area contributed by atoms with Gasteiger partial charge in [0.25, 0.3) is 0 Å². The third kappa shape index (κ3) is 7.87. The number of amides is 1. The monoisotopic (exact) mass is 502 g/mol. The van der Waals surface area contributed by atoms with E-state index >= 15 is 0 Å². The lowest BCUT2D eigenvalue weighted by atomic mass is 10.2. The first-order valence-electron chi connectivity index (χ1n) is 9.06. The van der Waals surface area contributed by atoms with Crippen LogP contribution in [0.1, 0.15) is 18.4 Å². The van der Waals surface area contributed by atoms with E-state index < -0.39 is 10.0 Å². The van der Waals surface area contributed by atoms with Gasteiger partial charge in [-0.05, 0) is 61.4 Å². The van der Waals surface area contributed by atoms with Crippen molar-refractivity contribution in [3.05, 3.63) is 57.5 Å². The topological polar surface area (TPSA) is 75.7 Å². The molecule has 158 valence electrons. The highest BCUT2D eigenvalue weighted by Crippen LogP contribution is 2.25. The lowest BCUT2D eigenvalue weighted by Crippen LogP contribution is -2.33. The molecule has 0 aliphatic heterocycles. The van der Waals surface area contributed by atoms with Gasteiger partial charge in [0.2, 0.25) is 15.9 Å². The standard InChI is InChI=1S/C20H24BrClN2O4S/c1-15-14-17(7-10-19(15)21)24(29(2,26)27)12-3-4-20(25)23-11-13-28-18-8-5-16(22)6-9-18/h5-10,14H,3-4,11-13H2,1-2H3,(H,23,25). The average Bonchev–Trinajstić information content (AvgIpc) is 2.65. The van der Waals surface area contributed by atoms with Crippen LogP contribution in [0.25, 0.3) is 0 Å². The zero-order valence-corrected chi connectivity index (χ0v) is 19.5. The third-order valence-electron chi connectivity index (χ3n) is 4.10. The summed E-state index contributed by atoms with van der Waals surface area (Å²) in [6, 6.07) is 12.3. The number of carbonyl (C=O) groups excluding carboxylic acids is 1. The molecule has 0 aliphatic rings. The molecule has 2 rings (SSSR count). The van der Waals surface area contributed by atoms with Crippen molar-refractivity contribution in [1.82, 2.24) is 5.32 Å². The molecule has 0 unspecified atom stereocenters. The summed E-state index contributed by atoms with van der Waals surface area (Å²) >= 11 is 9.22. The van der Waals surface area contributed by atoms with Gasteiger partial charge >= 0.3 is 0 Å². The molecule has 0 fully saturated rings. The number of anilines is 1. The predicted molar refractivity (Wildman–Crippen MR) is 120 cm³/mol. The molecule has 6 nitrogen and oxygen atoms in total. The molecule has 0 bridgehead atoms. The number of halogens is 2. The quantitative estimate of drug-likeness (QED) is 0.494. The number of nitrogens with zero attached hydrogens (tertiary/aromatic N) is 1. The number of carbonyl (C=O) groups is 1. The van der Waals surface area contributed by atoms with Gasteiger partial charge < -0.3 is 10.1 Å². The number of ether oxygens (including phenoxy) is 1. The molecule has 2 aromatic carbocycles. The van der Waals surface area contributed by atoms with Crippen molar-refractivity contribution in [2.75, 3.05) is 30.3 Å². The van der Waals surface area contributed by atoms with Crippen molar-refractivity contribution >= 4 is 49.1 Å². The molecule has 0 radical (unpaired) electrons. The van der Waals surface area contributed by atoms with Crippen LogP contribution in [-0.4, -0.2) is 40.3 Å². The summed E-state index contributed by atoms with van der Waals surface area (Å²) in [6.07, 6.45) is 1.80. The minimum absolute atomic E-state index is 0.148. The van der Waals surface area contributed by atoms with Crippen LogP contribution in [0.15, 0.2) is 46.9 Å². The Bertz CT molecular complexity index is 936. The van der Waals surface area contributed by atoms with Gasteiger partial charge in [-0.2, -0.15) is 0 Å². The van der Waals surface area contributed by atoms with Crippen molar-refractivity contribution in [2.45, 2.75) is 19.8 Å². The molecule has 1 amide bonds. The highest BCUT2D eigenvalue weighted by molar-refractivity contribution is 9.10. The van der Waals surface area contributed by atoms with Crippen LogP contribution in [-0.2, 0) is 14.8 Å². The van der Waals surface area contributed by atoms with Gasteiger partial charge in [0.05, 0.1) is 18.5 Å². The Labute approximate surface area is 185 Å². The molecular formula is C20H24BrClN2O4S. The summed E-state index contributed by atoms with van der Waals surface area (Å²) in [6.45, 7) is 2.83. The smallest absolute Gasteiger partial charge is 0.232 e. The summed E-state index contributed by atoms with van der Waals surface area (Å²) in [5, 5.41) is 3.40. The fourth-order valence-electron chi connectivity index (χ4n) is 2.63. The van der Waals surface area contributed by atoms with E-state index in [2.05, 4.69) is 21.2 Å². The number of hydrogen-bond acceptors (Lipinski definition) is 4. The third-order valence-corrected chi connectivity index (χ3v) is 6.44. The van der Waals surface area contributed by atoms with Crippen LogP contribution in [0.4, 0.5) is 5.69 Å². The molecule has 2 aromatic rings. The van der Waals surface area contributed by atoms with Crippen molar-refractivity contribution in [3.8, 4) is 5.75 Å². The predicted octanol–water partition coefficient (Wildman–Crippen LogP) is 4.15. The van der Waals surface area contributed by atoms with Gasteiger partial charge in [-0.25, -0.2) is 8.42 Å². The van der Waals surface area contributed by atoms with E-state index in [1.807, 2.05) is 13.0 Å². The minimum atomic E-state index is -3.44. The molecule has 0 saturated carbocycles. The Kier molecular flexibility index (Phi) is 8.79. The van der Waals surface area contributed by atoms with Crippen molar-refractivity contribution < 1.29 is 17.9 Å². The van der Waals surface area contributed by atoms with E-state index in [9.17, 15) is 13.2 Å². The van der Waals surface area contributed by atoms with Crippen molar-refractivity contribution in [2.24, 2.45) is 0 Å². The summed E-state index contributed by atoms with van der Waals surface area (Å²) in [7, 11) is -3.44. The Morgan fingerprint density at radius 3 is 2.52 bits per heavy atom. The maximum atomic E-state index is 12.2. The second kappa shape index (κ2) is 10.8. The zero-order valence-electron chi connectivity index (χ0n) is 16.3. The normalized spacial score (nSPS) is 11.2. The van der Waals surface area contributed by atoms with Gasteiger partial charge in [-0.1, -0.05) is 27.5 Å². The van der Waals surface area contributed by atoms with E-state index in [4.69, 9.17) is 16.3 Å². The zero-order chi connectivity index (χ0) is 21.4. The molecule has 0 aromatic heterocycles. The highest BCUT2D eigenvalue weighted by atomic mass is 79.9. The average molecular weight is 504 g/mol. The SMILES string of the molecule is Cc1cc(N(CCCC(=O)NCCOc2ccc(Cl)cc2)S(C)(=O)=O)ccc1Br. The molecule has 0 heterocycles. The van der Waals surface area contributed by atoms with E-state index in [0.29, 0.717) is 36.0 Å². The molecule has 0 atom stereocenters. The Morgan fingerprint density at radius 2 is 1.90 bits per heavy atom. The Balaban J connectivity index is 1.77. The number of sulfonamides is 1. The molecule has 9 heteroatoms. The van der Waals surface area contributed by atoms with Gasteiger partial charge in [0, 0.05) is 22.5 Å². The van der Waals surface area contributed by atoms with Crippen LogP contribution >= 0.6 is 27.5 Å². The second-order valence-corrected chi connectivity index (χ2v) is 9.72. The van der Waals surface area contributed by atoms with E-state index in [0.717, 1.165) is 10.0 Å². The fourth-order valence-corrected chi connectivity index (χ4v) is 3.96. The summed E-state index contributed by atoms with van der Waals surface area (Å²) in [5.74, 6) is 0.530. The molecular weight excluding hydrogens is 480 g/mol. The van der Waals surface area contributed by atoms with Crippen LogP contribution in [0.3, 0.4) is 0 Å². The van der Waals surface area contributed by atoms with Crippen molar-refractivity contribution in [1.29, 1.82) is 0 Å². The van der Waals surface area contributed by atoms with E-state index in [1.165, 1.54) is 10.6 Å². The maximum absolute atomic E-state index is 12.2. The summed E-state index contributed by atoms with van der Waals surface area (Å²) in [4.78, 5) is 12.0. The summed E-state index contributed by atoms with van der Waals surface area (Å²) < 4.78 is 32.1. The van der Waals surface area contributed by atoms with Crippen LogP contribution in [0.5, 0.6) is 5.75 Å². The molecule has 0 spiro atoms. The van der Waals surface area contributed by atoms with Gasteiger partial charge in [0.1, 0.15) is 12.4 Å². The van der Waals surface area contributed by atoms with E-state index in [-0.39, 0.29) is 18.9 Å². The fraction of sp³-hybridized carbons (Fsp3) is 0.350. The number of hydrogen-bond donors (Lipinski definition) is 1. The maximum Gasteiger partial charge on any atom is 0.232 e. The number of nitrogens with one attached hydrogen (secondary N) is 1. The highest BCUT2D eigenvalue weighted by Gasteiger charge is 2.18. The Hall–Kier alpha value is -1.77. The Morgan fingerprint density at radius 1 is 1.21 bits per heavy atom. The van der Waals surface area contributed by atoms with Gasteiger partial charge in [-0.3, -0.25) is 9.10 Å². The van der Waals surface area contributed by atoms with Crippen LogP contribution in [0.2, 0.25) is 5.02 Å². The second-order valence-electron chi connectivity index (χ2n) is 6.52. The lowest BCUT2D eigenvalue weighted by Gasteiger charge is -2.23. The first kappa shape index (κ1) is 23.5. The van der Waals surface area contributed by atoms with E-state index in [1.54, 1.807) is 36.4 Å². The molecule has 29 heavy (non-hydrogen) atoms. The molecule has 1 N–H and O–H groups in total. The lowest BCUT2D eigenvalue weighted by molar-refractivity contribution is -0.121. The minimum Gasteiger partial charge on any atom is -0.492 e. The number of aryl methyl sites for hydroxylation is 1. The first-order chi connectivity index (χ1) is 13.7. The largest absolute Gasteiger partial charge is 0.492 e. The van der Waals surface area contributed by atoms with Crippen molar-refractivity contribution in [3.63, 3.8) is 0 Å². The molecule has 0 saturated heterocycles. The summed E-state index contributed by atoms with van der Waals surface area (Å²) in [5.41, 5.74) is 1.53. The number of rotatable bonds is 10. The number of benzene rings is 2.